The third-order valence-electron chi connectivity index (χ3n) is 7.95. The van der Waals surface area contributed by atoms with Crippen molar-refractivity contribution in [3.63, 3.8) is 0 Å². The van der Waals surface area contributed by atoms with Crippen LogP contribution in [0.1, 0.15) is 207 Å². The van der Waals surface area contributed by atoms with Gasteiger partial charge in [0.15, 0.2) is 0 Å². The highest BCUT2D eigenvalue weighted by Crippen LogP contribution is 2.18. The van der Waals surface area contributed by atoms with Crippen LogP contribution in [0.3, 0.4) is 0 Å². The third-order valence-corrected chi connectivity index (χ3v) is 7.95. The summed E-state index contributed by atoms with van der Waals surface area (Å²) in [4.78, 5) is 12.6. The first-order chi connectivity index (χ1) is 18.7. The number of unbranched alkanes of at least 4 members (excludes halogenated alkanes) is 22. The minimum Gasteiger partial charge on any atom is -0.462 e. The molecule has 0 fully saturated rings. The van der Waals surface area contributed by atoms with Gasteiger partial charge in [-0.05, 0) is 57.8 Å². The van der Waals surface area contributed by atoms with Crippen LogP contribution in [0.4, 0.5) is 0 Å². The van der Waals surface area contributed by atoms with Crippen molar-refractivity contribution in [2.75, 3.05) is 0 Å². The fraction of sp³-hybridized carbons (Fsp3) is 0.917. The molecule has 0 aromatic carbocycles. The van der Waals surface area contributed by atoms with Crippen LogP contribution in [-0.2, 0) is 9.53 Å². The molecule has 0 amide bonds. The average Bonchev–Trinajstić information content (AvgIpc) is 2.92. The molecule has 0 N–H and O–H groups in total. The Labute approximate surface area is 240 Å². The fourth-order valence-electron chi connectivity index (χ4n) is 5.33. The number of rotatable bonds is 31. The van der Waals surface area contributed by atoms with Crippen molar-refractivity contribution in [2.24, 2.45) is 0 Å². The molecule has 2 heteroatoms. The SMILES string of the molecule is CCCCCC/C=C\CCCCCCCC(=O)OC(CCCCCCCC)CCCCCCCCCCC. The molecule has 0 saturated heterocycles. The highest BCUT2D eigenvalue weighted by Gasteiger charge is 2.14. The fourth-order valence-corrected chi connectivity index (χ4v) is 5.33. The Morgan fingerprint density at radius 2 is 0.816 bits per heavy atom. The van der Waals surface area contributed by atoms with Gasteiger partial charge in [0.05, 0.1) is 0 Å². The minimum absolute atomic E-state index is 0.0583. The molecular weight excluding hydrogens is 464 g/mol. The van der Waals surface area contributed by atoms with Gasteiger partial charge in [-0.1, -0.05) is 155 Å². The van der Waals surface area contributed by atoms with Gasteiger partial charge in [0.2, 0.25) is 0 Å². The smallest absolute Gasteiger partial charge is 0.306 e. The lowest BCUT2D eigenvalue weighted by atomic mass is 10.0. The Morgan fingerprint density at radius 3 is 1.26 bits per heavy atom. The van der Waals surface area contributed by atoms with Crippen molar-refractivity contribution >= 4 is 5.97 Å². The van der Waals surface area contributed by atoms with Crippen molar-refractivity contribution in [1.82, 2.24) is 0 Å². The van der Waals surface area contributed by atoms with Gasteiger partial charge in [-0.25, -0.2) is 0 Å². The molecule has 0 aliphatic heterocycles. The van der Waals surface area contributed by atoms with Crippen LogP contribution in [0.25, 0.3) is 0 Å². The summed E-state index contributed by atoms with van der Waals surface area (Å²) >= 11 is 0. The number of hydrogen-bond acceptors (Lipinski definition) is 2. The number of hydrogen-bond donors (Lipinski definition) is 0. The van der Waals surface area contributed by atoms with Gasteiger partial charge in [-0.15, -0.1) is 0 Å². The van der Waals surface area contributed by atoms with E-state index in [0.717, 1.165) is 25.7 Å². The van der Waals surface area contributed by atoms with Crippen LogP contribution in [-0.4, -0.2) is 12.1 Å². The molecule has 0 aliphatic rings. The van der Waals surface area contributed by atoms with Crippen LogP contribution in [0, 0.1) is 0 Å². The van der Waals surface area contributed by atoms with Crippen LogP contribution in [0.5, 0.6) is 0 Å². The van der Waals surface area contributed by atoms with Crippen molar-refractivity contribution in [2.45, 2.75) is 213 Å². The molecule has 0 radical (unpaired) electrons. The van der Waals surface area contributed by atoms with Crippen molar-refractivity contribution in [3.05, 3.63) is 12.2 Å². The second kappa shape index (κ2) is 32.4. The first-order valence-electron chi connectivity index (χ1n) is 17.6. The molecule has 2 nitrogen and oxygen atoms in total. The Hall–Kier alpha value is -0.790. The van der Waals surface area contributed by atoms with E-state index in [2.05, 4.69) is 32.9 Å². The van der Waals surface area contributed by atoms with Gasteiger partial charge in [0, 0.05) is 6.42 Å². The van der Waals surface area contributed by atoms with Crippen LogP contribution >= 0.6 is 0 Å². The summed E-state index contributed by atoms with van der Waals surface area (Å²) in [6.45, 7) is 6.83. The molecule has 38 heavy (non-hydrogen) atoms. The lowest BCUT2D eigenvalue weighted by Crippen LogP contribution is -2.18. The zero-order valence-corrected chi connectivity index (χ0v) is 26.6. The summed E-state index contributed by atoms with van der Waals surface area (Å²) in [6, 6.07) is 0. The second-order valence-electron chi connectivity index (χ2n) is 11.9. The zero-order chi connectivity index (χ0) is 27.8. The topological polar surface area (TPSA) is 26.3 Å². The Kier molecular flexibility index (Phi) is 31.7. The first kappa shape index (κ1) is 37.2. The number of allylic oxidation sites excluding steroid dienone is 2. The standard InChI is InChI=1S/C36H70O2/c1-4-7-10-13-16-18-19-20-21-23-25-28-31-34-36(37)38-35(32-29-26-15-12-9-6-3)33-30-27-24-22-17-14-11-8-5-2/h18-19,35H,4-17,20-34H2,1-3H3/b19-18-. The average molecular weight is 535 g/mol. The Bertz CT molecular complexity index is 484. The molecule has 0 rings (SSSR count). The van der Waals surface area contributed by atoms with E-state index in [1.807, 2.05) is 0 Å². The van der Waals surface area contributed by atoms with Crippen molar-refractivity contribution in [1.29, 1.82) is 0 Å². The summed E-state index contributed by atoms with van der Waals surface area (Å²) in [5.74, 6) is 0.0583. The lowest BCUT2D eigenvalue weighted by molar-refractivity contribution is -0.150. The van der Waals surface area contributed by atoms with Crippen molar-refractivity contribution < 1.29 is 9.53 Å². The van der Waals surface area contributed by atoms with E-state index in [1.54, 1.807) is 0 Å². The Balaban J connectivity index is 3.95. The van der Waals surface area contributed by atoms with E-state index >= 15 is 0 Å². The highest BCUT2D eigenvalue weighted by atomic mass is 16.5. The summed E-state index contributed by atoms with van der Waals surface area (Å²) in [6.07, 6.45) is 41.5. The zero-order valence-electron chi connectivity index (χ0n) is 26.6. The summed E-state index contributed by atoms with van der Waals surface area (Å²) in [7, 11) is 0. The number of carbonyl (C=O) groups excluding carboxylic acids is 1. The molecule has 0 bridgehead atoms. The lowest BCUT2D eigenvalue weighted by Gasteiger charge is -2.18. The molecule has 226 valence electrons. The number of ether oxygens (including phenoxy) is 1. The molecule has 0 saturated carbocycles. The minimum atomic E-state index is 0.0583. The maximum atomic E-state index is 12.6. The summed E-state index contributed by atoms with van der Waals surface area (Å²) < 4.78 is 6.01. The van der Waals surface area contributed by atoms with Gasteiger partial charge < -0.3 is 4.74 Å². The Morgan fingerprint density at radius 1 is 0.474 bits per heavy atom. The van der Waals surface area contributed by atoms with Gasteiger partial charge in [0.25, 0.3) is 0 Å². The monoisotopic (exact) mass is 535 g/mol. The second-order valence-corrected chi connectivity index (χ2v) is 11.9. The van der Waals surface area contributed by atoms with Gasteiger partial charge in [-0.2, -0.15) is 0 Å². The maximum Gasteiger partial charge on any atom is 0.306 e. The van der Waals surface area contributed by atoms with Crippen LogP contribution < -0.4 is 0 Å². The van der Waals surface area contributed by atoms with E-state index in [-0.39, 0.29) is 12.1 Å². The van der Waals surface area contributed by atoms with Crippen LogP contribution in [0.15, 0.2) is 12.2 Å². The molecule has 0 aromatic heterocycles. The largest absolute Gasteiger partial charge is 0.462 e. The van der Waals surface area contributed by atoms with Crippen LogP contribution in [0.2, 0.25) is 0 Å². The van der Waals surface area contributed by atoms with E-state index in [0.29, 0.717) is 6.42 Å². The molecule has 0 aromatic rings. The molecular formula is C36H70O2. The van der Waals surface area contributed by atoms with E-state index in [4.69, 9.17) is 4.74 Å². The molecule has 0 heterocycles. The van der Waals surface area contributed by atoms with E-state index in [1.165, 1.54) is 154 Å². The molecule has 0 spiro atoms. The molecule has 1 atom stereocenters. The first-order valence-corrected chi connectivity index (χ1v) is 17.6. The third kappa shape index (κ3) is 29.8. The van der Waals surface area contributed by atoms with Crippen molar-refractivity contribution in [3.8, 4) is 0 Å². The quantitative estimate of drug-likeness (QED) is 0.0502. The maximum absolute atomic E-state index is 12.6. The number of carbonyl (C=O) groups is 1. The number of esters is 1. The van der Waals surface area contributed by atoms with Gasteiger partial charge >= 0.3 is 5.97 Å². The van der Waals surface area contributed by atoms with Gasteiger partial charge in [0.1, 0.15) is 6.10 Å². The van der Waals surface area contributed by atoms with E-state index < -0.39 is 0 Å². The normalized spacial score (nSPS) is 12.4. The molecule has 0 aliphatic carbocycles. The van der Waals surface area contributed by atoms with E-state index in [9.17, 15) is 4.79 Å². The predicted molar refractivity (Wildman–Crippen MR) is 170 cm³/mol. The summed E-state index contributed by atoms with van der Waals surface area (Å²) in [5, 5.41) is 0. The molecule has 1 unspecified atom stereocenters. The van der Waals surface area contributed by atoms with Gasteiger partial charge in [-0.3, -0.25) is 4.79 Å². The summed E-state index contributed by atoms with van der Waals surface area (Å²) in [5.41, 5.74) is 0. The predicted octanol–water partition coefficient (Wildman–Crippen LogP) is 12.8. The highest BCUT2D eigenvalue weighted by molar-refractivity contribution is 5.69.